The third kappa shape index (κ3) is 6.73. The first-order valence-corrected chi connectivity index (χ1v) is 3.33. The largest absolute Gasteiger partial charge is 0.189 e. The lowest BCUT2D eigenvalue weighted by Gasteiger charge is -1.63. The Labute approximate surface area is 64.4 Å². The van der Waals surface area contributed by atoms with E-state index in [2.05, 4.69) is 40.8 Å². The molecule has 0 amide bonds. The van der Waals surface area contributed by atoms with Gasteiger partial charge < -0.3 is 0 Å². The van der Waals surface area contributed by atoms with Gasteiger partial charge in [0, 0.05) is 8.58 Å². The molecule has 0 aliphatic heterocycles. The molecule has 0 saturated carbocycles. The zero-order valence-corrected chi connectivity index (χ0v) is 6.15. The summed E-state index contributed by atoms with van der Waals surface area (Å²) in [6.45, 7) is 0. The number of rotatable bonds is 0. The fraction of sp³-hybridized carbons (Fsp3) is 0. The van der Waals surface area contributed by atoms with Gasteiger partial charge >= 0.3 is 0 Å². The van der Waals surface area contributed by atoms with Crippen molar-refractivity contribution in [2.45, 2.75) is 0 Å². The lowest BCUT2D eigenvalue weighted by atomic mass is 10.2. The van der Waals surface area contributed by atoms with Gasteiger partial charge in [0.1, 0.15) is 0 Å². The van der Waals surface area contributed by atoms with Gasteiger partial charge in [0.25, 0.3) is 0 Å². The normalized spacial score (nSPS) is 5.50. The van der Waals surface area contributed by atoms with Crippen LogP contribution in [0.2, 0.25) is 0 Å². The summed E-state index contributed by atoms with van der Waals surface area (Å²) >= 11 is 0. The summed E-state index contributed by atoms with van der Waals surface area (Å²) in [7, 11) is 5.07. The molecule has 42 valence electrons. The molecule has 1 unspecified atom stereocenters. The van der Waals surface area contributed by atoms with Crippen LogP contribution in [-0.4, -0.2) is 7.85 Å². The van der Waals surface area contributed by atoms with Crippen molar-refractivity contribution in [3.8, 4) is 47.2 Å². The molecule has 0 bridgehead atoms. The van der Waals surface area contributed by atoms with Gasteiger partial charge in [-0.3, -0.25) is 0 Å². The summed E-state index contributed by atoms with van der Waals surface area (Å²) in [5, 5.41) is 0. The monoisotopic (exact) mass is 140 g/mol. The summed E-state index contributed by atoms with van der Waals surface area (Å²) in [4.78, 5) is 0. The van der Waals surface area contributed by atoms with Gasteiger partial charge in [-0.2, -0.15) is 5.82 Å². The van der Waals surface area contributed by atoms with Crippen LogP contribution < -0.4 is 0 Å². The zero-order chi connectivity index (χ0) is 7.66. The van der Waals surface area contributed by atoms with E-state index in [0.717, 1.165) is 0 Å². The Hall–Kier alpha value is -1.27. The van der Waals surface area contributed by atoms with E-state index >= 15 is 0 Å². The molecule has 0 N–H and O–H groups in total. The molecule has 2 heteroatoms. The molecule has 0 aromatic carbocycles. The summed E-state index contributed by atoms with van der Waals surface area (Å²) in [6, 6.07) is 0. The predicted molar refractivity (Wildman–Crippen MR) is 46.2 cm³/mol. The molecule has 0 fully saturated rings. The maximum absolute atomic E-state index is 4.85. The van der Waals surface area contributed by atoms with Crippen molar-refractivity contribution < 1.29 is 0 Å². The lowest BCUT2D eigenvalue weighted by molar-refractivity contribution is 2.55. The Morgan fingerprint density at radius 3 is 2.40 bits per heavy atom. The maximum Gasteiger partial charge on any atom is 0.189 e. The molecule has 10 heavy (non-hydrogen) atoms. The molecule has 1 atom stereocenters. The van der Waals surface area contributed by atoms with Gasteiger partial charge in [0.15, 0.2) is 7.85 Å². The van der Waals surface area contributed by atoms with Crippen molar-refractivity contribution in [1.29, 1.82) is 0 Å². The highest BCUT2D eigenvalue weighted by Gasteiger charge is 1.61. The van der Waals surface area contributed by atoms with E-state index in [9.17, 15) is 0 Å². The van der Waals surface area contributed by atoms with Crippen LogP contribution in [0.4, 0.5) is 0 Å². The van der Waals surface area contributed by atoms with Gasteiger partial charge in [0.05, 0.1) is 0 Å². The number of terminal acetylenes is 1. The van der Waals surface area contributed by atoms with E-state index in [-0.39, 0.29) is 8.58 Å². The minimum atomic E-state index is 0.226. The first kappa shape index (κ1) is 8.73. The topological polar surface area (TPSA) is 0 Å². The Balaban J connectivity index is 3.67. The molecule has 0 saturated heterocycles. The number of hydrogen-bond acceptors (Lipinski definition) is 0. The van der Waals surface area contributed by atoms with E-state index in [0.29, 0.717) is 0 Å². The summed E-state index contributed by atoms with van der Waals surface area (Å²) in [5.74, 6) is 11.6. The second kappa shape index (κ2) is 7.73. The molecule has 0 aliphatic rings. The first-order chi connectivity index (χ1) is 4.91. The Kier molecular flexibility index (Phi) is 6.76. The third-order valence-electron chi connectivity index (χ3n) is 0.457. The van der Waals surface area contributed by atoms with Gasteiger partial charge in [-0.15, -0.1) is 6.42 Å². The van der Waals surface area contributed by atoms with Crippen molar-refractivity contribution in [3.63, 3.8) is 0 Å². The summed E-state index contributed by atoms with van der Waals surface area (Å²) in [6.07, 6.45) is 4.85. The van der Waals surface area contributed by atoms with Gasteiger partial charge in [-0.25, -0.2) is 0 Å². The van der Waals surface area contributed by atoms with E-state index in [1.165, 1.54) is 0 Å². The van der Waals surface area contributed by atoms with Gasteiger partial charge in [-0.1, -0.05) is 11.3 Å². The lowest BCUT2D eigenvalue weighted by Crippen LogP contribution is -1.49. The molecule has 0 aliphatic carbocycles. The quantitative estimate of drug-likeness (QED) is 0.258. The third-order valence-corrected chi connectivity index (χ3v) is 0.957. The minimum absolute atomic E-state index is 0.226. The van der Waals surface area contributed by atoms with Crippen LogP contribution in [0.15, 0.2) is 0 Å². The zero-order valence-electron chi connectivity index (χ0n) is 5.15. The van der Waals surface area contributed by atoms with Crippen LogP contribution in [0.5, 0.6) is 0 Å². The molecule has 0 aromatic heterocycles. The van der Waals surface area contributed by atoms with Crippen LogP contribution in [0.3, 0.4) is 0 Å². The highest BCUT2D eigenvalue weighted by Crippen LogP contribution is 2.00. The molecule has 0 nitrogen and oxygen atoms in total. The van der Waals surface area contributed by atoms with Crippen molar-refractivity contribution in [3.05, 3.63) is 0 Å². The van der Waals surface area contributed by atoms with Crippen molar-refractivity contribution in [1.82, 2.24) is 0 Å². The standard InChI is InChI=1S/C8H2BP/c1-2-3-7-10-8-5-4-6-9/h1,10H. The Morgan fingerprint density at radius 1 is 1.10 bits per heavy atom. The summed E-state index contributed by atoms with van der Waals surface area (Å²) in [5.41, 5.74) is 5.33. The molecule has 0 rings (SSSR count). The molecular formula is C8H2BP. The average Bonchev–Trinajstić information content (AvgIpc) is 1.97. The van der Waals surface area contributed by atoms with Crippen LogP contribution in [0.25, 0.3) is 0 Å². The first-order valence-electron chi connectivity index (χ1n) is 2.33. The van der Waals surface area contributed by atoms with Crippen molar-refractivity contribution in [2.75, 3.05) is 0 Å². The molecular weight excluding hydrogens is 138 g/mol. The predicted octanol–water partition coefficient (Wildman–Crippen LogP) is 0.349. The van der Waals surface area contributed by atoms with Crippen LogP contribution >= 0.6 is 8.58 Å². The molecule has 0 heterocycles. The summed E-state index contributed by atoms with van der Waals surface area (Å²) < 4.78 is 0. The Morgan fingerprint density at radius 2 is 1.80 bits per heavy atom. The SMILES string of the molecule is [B]C#CC#CPC#CC#C. The van der Waals surface area contributed by atoms with Crippen LogP contribution in [-0.2, 0) is 0 Å². The highest BCUT2D eigenvalue weighted by atomic mass is 31.1. The van der Waals surface area contributed by atoms with Crippen molar-refractivity contribution in [2.24, 2.45) is 0 Å². The fourth-order valence-electron chi connectivity index (χ4n) is 0.197. The van der Waals surface area contributed by atoms with E-state index in [1.54, 1.807) is 0 Å². The smallest absolute Gasteiger partial charge is 0.158 e. The van der Waals surface area contributed by atoms with E-state index in [1.807, 2.05) is 0 Å². The van der Waals surface area contributed by atoms with Crippen LogP contribution in [0.1, 0.15) is 0 Å². The maximum atomic E-state index is 4.85. The fourth-order valence-corrected chi connectivity index (χ4v) is 0.519. The van der Waals surface area contributed by atoms with Crippen molar-refractivity contribution >= 4 is 16.4 Å². The molecule has 0 aromatic rings. The molecule has 2 radical (unpaired) electrons. The van der Waals surface area contributed by atoms with Crippen LogP contribution in [0, 0.1) is 47.2 Å². The Bertz CT molecular complexity index is 303. The number of hydrogen-bond donors (Lipinski definition) is 0. The average molecular weight is 140 g/mol. The van der Waals surface area contributed by atoms with Gasteiger partial charge in [0.2, 0.25) is 0 Å². The minimum Gasteiger partial charge on any atom is -0.158 e. The highest BCUT2D eigenvalue weighted by molar-refractivity contribution is 7.49. The van der Waals surface area contributed by atoms with E-state index < -0.39 is 0 Å². The van der Waals surface area contributed by atoms with E-state index in [4.69, 9.17) is 14.3 Å². The second-order valence-corrected chi connectivity index (χ2v) is 1.79. The van der Waals surface area contributed by atoms with Gasteiger partial charge in [-0.05, 0) is 23.7 Å². The molecule has 0 spiro atoms. The second-order valence-electron chi connectivity index (χ2n) is 1.04.